The first-order chi connectivity index (χ1) is 11.2. The van der Waals surface area contributed by atoms with Gasteiger partial charge in [-0.15, -0.1) is 0 Å². The van der Waals surface area contributed by atoms with Crippen LogP contribution in [-0.4, -0.2) is 43.3 Å². The number of nitrogens with zero attached hydrogens (tertiary/aromatic N) is 2. The second-order valence-corrected chi connectivity index (χ2v) is 6.74. The lowest BCUT2D eigenvalue weighted by atomic mass is 10.2. The second kappa shape index (κ2) is 7.05. The van der Waals surface area contributed by atoms with Crippen molar-refractivity contribution < 1.29 is 26.7 Å². The Kier molecular flexibility index (Phi) is 5.30. The molecule has 0 atom stereocenters. The number of nitrogens with one attached hydrogen (secondary N) is 1. The number of hydrogen-bond acceptors (Lipinski definition) is 5. The summed E-state index contributed by atoms with van der Waals surface area (Å²) in [4.78, 5) is 15.8. The predicted molar refractivity (Wildman–Crippen MR) is 81.7 cm³/mol. The Labute approximate surface area is 137 Å². The number of aromatic nitrogens is 2. The van der Waals surface area contributed by atoms with Gasteiger partial charge in [0.1, 0.15) is 23.2 Å². The molecule has 10 heteroatoms. The molecule has 24 heavy (non-hydrogen) atoms. The van der Waals surface area contributed by atoms with Crippen molar-refractivity contribution in [2.24, 2.45) is 7.05 Å². The second-order valence-electron chi connectivity index (χ2n) is 4.90. The Balaban J connectivity index is 2.31. The van der Waals surface area contributed by atoms with Gasteiger partial charge in [0, 0.05) is 20.4 Å². The van der Waals surface area contributed by atoms with Gasteiger partial charge in [0.2, 0.25) is 10.0 Å². The molecular weight excluding hydrogens is 344 g/mol. The third kappa shape index (κ3) is 3.95. The summed E-state index contributed by atoms with van der Waals surface area (Å²) >= 11 is 0. The van der Waals surface area contributed by atoms with Gasteiger partial charge in [-0.3, -0.25) is 4.79 Å². The van der Waals surface area contributed by atoms with E-state index < -0.39 is 38.9 Å². The number of benzene rings is 1. The molecule has 1 heterocycles. The molecule has 0 saturated carbocycles. The van der Waals surface area contributed by atoms with E-state index in [9.17, 15) is 22.0 Å². The van der Waals surface area contributed by atoms with Gasteiger partial charge in [-0.05, 0) is 12.1 Å². The molecule has 1 aromatic heterocycles. The number of amides is 1. The van der Waals surface area contributed by atoms with Crippen LogP contribution in [0.15, 0.2) is 24.4 Å². The number of aryl methyl sites for hydroxylation is 1. The summed E-state index contributed by atoms with van der Waals surface area (Å²) in [5, 5.41) is 0. The van der Waals surface area contributed by atoms with E-state index in [2.05, 4.69) is 9.72 Å². The highest BCUT2D eigenvalue weighted by molar-refractivity contribution is 7.90. The summed E-state index contributed by atoms with van der Waals surface area (Å²) in [7, 11) is -1.14. The Bertz CT molecular complexity index is 845. The fraction of sp³-hybridized carbons (Fsp3) is 0.286. The van der Waals surface area contributed by atoms with Gasteiger partial charge in [-0.1, -0.05) is 6.07 Å². The van der Waals surface area contributed by atoms with Crippen LogP contribution < -0.4 is 4.72 Å². The summed E-state index contributed by atoms with van der Waals surface area (Å²) in [5.41, 5.74) is -0.683. The van der Waals surface area contributed by atoms with E-state index in [0.29, 0.717) is 0 Å². The molecule has 0 fully saturated rings. The van der Waals surface area contributed by atoms with Gasteiger partial charge in [0.25, 0.3) is 5.91 Å². The van der Waals surface area contributed by atoms with Crippen molar-refractivity contribution in [2.45, 2.75) is 0 Å². The largest absolute Gasteiger partial charge is 0.384 e. The zero-order chi connectivity index (χ0) is 17.9. The van der Waals surface area contributed by atoms with Crippen molar-refractivity contribution in [2.75, 3.05) is 19.5 Å². The summed E-state index contributed by atoms with van der Waals surface area (Å²) in [6, 6.07) is 3.32. The lowest BCUT2D eigenvalue weighted by molar-refractivity contribution is 0.0976. The molecule has 1 N–H and O–H groups in total. The minimum atomic E-state index is -3.90. The highest BCUT2D eigenvalue weighted by atomic mass is 32.2. The molecule has 7 nitrogen and oxygen atoms in total. The smallest absolute Gasteiger partial charge is 0.284 e. The maximum atomic E-state index is 13.8. The Hall–Kier alpha value is -2.33. The van der Waals surface area contributed by atoms with Crippen LogP contribution in [0.25, 0.3) is 11.4 Å². The molecule has 0 aliphatic heterocycles. The van der Waals surface area contributed by atoms with Crippen molar-refractivity contribution in [1.82, 2.24) is 14.3 Å². The maximum absolute atomic E-state index is 13.8. The Morgan fingerprint density at radius 3 is 2.54 bits per heavy atom. The summed E-state index contributed by atoms with van der Waals surface area (Å²) in [6.45, 7) is -0.0868. The number of ether oxygens (including phenoxy) is 1. The number of carbonyl (C=O) groups is 1. The van der Waals surface area contributed by atoms with Gasteiger partial charge in [0.05, 0.1) is 17.9 Å². The fourth-order valence-electron chi connectivity index (χ4n) is 1.96. The van der Waals surface area contributed by atoms with Crippen LogP contribution in [0.3, 0.4) is 0 Å². The molecule has 2 aromatic rings. The van der Waals surface area contributed by atoms with E-state index in [0.717, 1.165) is 12.1 Å². The SMILES string of the molecule is COCCS(=O)(=O)NC(=O)c1cn(C)c(-c2c(F)cccc2F)n1. The maximum Gasteiger partial charge on any atom is 0.284 e. The lowest BCUT2D eigenvalue weighted by Crippen LogP contribution is -2.34. The standard InChI is InChI=1S/C14H15F2N3O4S/c1-19-8-11(14(20)18-24(21,22)7-6-23-2)17-13(19)12-9(15)4-3-5-10(12)16/h3-5,8H,6-7H2,1-2H3,(H,18,20). The molecule has 0 aliphatic carbocycles. The number of sulfonamides is 1. The van der Waals surface area contributed by atoms with E-state index in [4.69, 9.17) is 0 Å². The molecule has 0 aliphatic rings. The van der Waals surface area contributed by atoms with Crippen LogP contribution in [-0.2, 0) is 21.8 Å². The Morgan fingerprint density at radius 1 is 1.33 bits per heavy atom. The van der Waals surface area contributed by atoms with Crippen LogP contribution in [0.1, 0.15) is 10.5 Å². The van der Waals surface area contributed by atoms with Gasteiger partial charge >= 0.3 is 0 Å². The fourth-order valence-corrected chi connectivity index (χ4v) is 2.83. The zero-order valence-corrected chi connectivity index (χ0v) is 13.7. The molecule has 1 aromatic carbocycles. The monoisotopic (exact) mass is 359 g/mol. The average Bonchev–Trinajstić information content (AvgIpc) is 2.87. The van der Waals surface area contributed by atoms with Gasteiger partial charge < -0.3 is 9.30 Å². The van der Waals surface area contributed by atoms with Crippen LogP contribution in [0.2, 0.25) is 0 Å². The highest BCUT2D eigenvalue weighted by Gasteiger charge is 2.22. The molecule has 0 saturated heterocycles. The number of halogens is 2. The number of imidazole rings is 1. The van der Waals surface area contributed by atoms with Crippen LogP contribution in [0, 0.1) is 11.6 Å². The van der Waals surface area contributed by atoms with Crippen LogP contribution >= 0.6 is 0 Å². The highest BCUT2D eigenvalue weighted by Crippen LogP contribution is 2.24. The molecule has 2 rings (SSSR count). The first-order valence-electron chi connectivity index (χ1n) is 6.76. The first-order valence-corrected chi connectivity index (χ1v) is 8.42. The molecule has 0 bridgehead atoms. The zero-order valence-electron chi connectivity index (χ0n) is 12.9. The van der Waals surface area contributed by atoms with Crippen molar-refractivity contribution in [1.29, 1.82) is 0 Å². The van der Waals surface area contributed by atoms with Crippen LogP contribution in [0.5, 0.6) is 0 Å². The van der Waals surface area contributed by atoms with E-state index in [1.54, 1.807) is 0 Å². The average molecular weight is 359 g/mol. The van der Waals surface area contributed by atoms with E-state index in [-0.39, 0.29) is 18.1 Å². The third-order valence-corrected chi connectivity index (χ3v) is 4.30. The van der Waals surface area contributed by atoms with Crippen LogP contribution in [0.4, 0.5) is 8.78 Å². The van der Waals surface area contributed by atoms with Crippen molar-refractivity contribution in [3.63, 3.8) is 0 Å². The Morgan fingerprint density at radius 2 is 1.96 bits per heavy atom. The third-order valence-electron chi connectivity index (χ3n) is 3.10. The molecule has 1 amide bonds. The quantitative estimate of drug-likeness (QED) is 0.833. The minimum absolute atomic E-state index is 0.0868. The molecule has 0 spiro atoms. The number of rotatable bonds is 6. The van der Waals surface area contributed by atoms with E-state index in [1.165, 1.54) is 31.0 Å². The summed E-state index contributed by atoms with van der Waals surface area (Å²) in [6.07, 6.45) is 1.18. The van der Waals surface area contributed by atoms with Crippen molar-refractivity contribution in [3.8, 4) is 11.4 Å². The van der Waals surface area contributed by atoms with E-state index >= 15 is 0 Å². The normalized spacial score (nSPS) is 11.5. The predicted octanol–water partition coefficient (Wildman–Crippen LogP) is 1.07. The lowest BCUT2D eigenvalue weighted by Gasteiger charge is -2.04. The van der Waals surface area contributed by atoms with Gasteiger partial charge in [-0.2, -0.15) is 0 Å². The number of carbonyl (C=O) groups excluding carboxylic acids is 1. The summed E-state index contributed by atoms with van der Waals surface area (Å²) < 4.78 is 58.7. The van der Waals surface area contributed by atoms with Gasteiger partial charge in [-0.25, -0.2) is 26.9 Å². The van der Waals surface area contributed by atoms with Gasteiger partial charge in [0.15, 0.2) is 0 Å². The summed E-state index contributed by atoms with van der Waals surface area (Å²) in [5.74, 6) is -3.22. The molecular formula is C14H15F2N3O4S. The number of hydrogen-bond donors (Lipinski definition) is 1. The molecule has 0 unspecified atom stereocenters. The van der Waals surface area contributed by atoms with Crippen molar-refractivity contribution in [3.05, 3.63) is 41.7 Å². The van der Waals surface area contributed by atoms with Crippen molar-refractivity contribution >= 4 is 15.9 Å². The molecule has 130 valence electrons. The molecule has 0 radical (unpaired) electrons. The number of methoxy groups -OCH3 is 1. The topological polar surface area (TPSA) is 90.3 Å². The van der Waals surface area contributed by atoms with E-state index in [1.807, 2.05) is 4.72 Å². The first kappa shape index (κ1) is 18.0. The minimum Gasteiger partial charge on any atom is -0.384 e.